The molecule has 1 aromatic carbocycles. The third kappa shape index (κ3) is 5.35. The Hall–Kier alpha value is -2.34. The summed E-state index contributed by atoms with van der Waals surface area (Å²) in [6.07, 6.45) is 2.41. The van der Waals surface area contributed by atoms with Crippen LogP contribution in [0.25, 0.3) is 0 Å². The van der Waals surface area contributed by atoms with Gasteiger partial charge < -0.3 is 15.1 Å². The van der Waals surface area contributed by atoms with Gasteiger partial charge in [-0.05, 0) is 49.8 Å². The molecular formula is C22H29N3O2S. The number of nitrogens with one attached hydrogen (secondary N) is 1. The molecule has 28 heavy (non-hydrogen) atoms. The molecule has 1 saturated heterocycles. The number of carbonyl (C=O) groups excluding carboxylic acids is 2. The Labute approximate surface area is 171 Å². The summed E-state index contributed by atoms with van der Waals surface area (Å²) in [7, 11) is 0. The Bertz CT molecular complexity index is 740. The van der Waals surface area contributed by atoms with Crippen LogP contribution in [0, 0.1) is 5.92 Å². The van der Waals surface area contributed by atoms with Crippen LogP contribution in [-0.4, -0.2) is 49.4 Å². The summed E-state index contributed by atoms with van der Waals surface area (Å²) in [5.41, 5.74) is 1.22. The number of carbonyl (C=O) groups is 2. The normalized spacial score (nSPS) is 14.7. The number of hydrogen-bond acceptors (Lipinski definition) is 4. The van der Waals surface area contributed by atoms with Crippen molar-refractivity contribution in [3.05, 3.63) is 52.7 Å². The van der Waals surface area contributed by atoms with Crippen LogP contribution in [0.3, 0.4) is 0 Å². The monoisotopic (exact) mass is 399 g/mol. The highest BCUT2D eigenvalue weighted by atomic mass is 32.1. The summed E-state index contributed by atoms with van der Waals surface area (Å²) in [6, 6.07) is 14.1. The van der Waals surface area contributed by atoms with Gasteiger partial charge in [-0.3, -0.25) is 9.59 Å². The maximum absolute atomic E-state index is 12.5. The summed E-state index contributed by atoms with van der Waals surface area (Å²) in [6.45, 7) is 6.04. The number of rotatable bonds is 8. The first-order valence-corrected chi connectivity index (χ1v) is 11.0. The Morgan fingerprint density at radius 2 is 1.89 bits per heavy atom. The van der Waals surface area contributed by atoms with Crippen molar-refractivity contribution in [2.24, 2.45) is 5.92 Å². The standard InChI is InChI=1S/C22H29N3O2S/c1-2-24(19-8-4-3-5-9-19)14-7-13-23-21(26)18-11-15-25(16-12-18)22(27)20-10-6-17-28-20/h3-6,8-10,17-18H,2,7,11-16H2,1H3,(H,23,26). The number of benzene rings is 1. The second-order valence-corrected chi connectivity index (χ2v) is 8.05. The number of hydrogen-bond donors (Lipinski definition) is 1. The van der Waals surface area contributed by atoms with Crippen molar-refractivity contribution in [3.63, 3.8) is 0 Å². The zero-order chi connectivity index (χ0) is 19.8. The van der Waals surface area contributed by atoms with Crippen molar-refractivity contribution in [2.45, 2.75) is 26.2 Å². The van der Waals surface area contributed by atoms with Crippen molar-refractivity contribution >= 4 is 28.8 Å². The molecule has 0 spiro atoms. The fraction of sp³-hybridized carbons (Fsp3) is 0.455. The maximum Gasteiger partial charge on any atom is 0.263 e. The van der Waals surface area contributed by atoms with Crippen LogP contribution in [0.2, 0.25) is 0 Å². The number of anilines is 1. The first-order chi connectivity index (χ1) is 13.7. The molecule has 3 rings (SSSR count). The van der Waals surface area contributed by atoms with Gasteiger partial charge in [0.1, 0.15) is 0 Å². The van der Waals surface area contributed by atoms with Crippen LogP contribution in [0.1, 0.15) is 35.9 Å². The van der Waals surface area contributed by atoms with E-state index in [0.29, 0.717) is 19.6 Å². The van der Waals surface area contributed by atoms with E-state index < -0.39 is 0 Å². The summed E-state index contributed by atoms with van der Waals surface area (Å²) in [4.78, 5) is 29.8. The van der Waals surface area contributed by atoms with Gasteiger partial charge >= 0.3 is 0 Å². The van der Waals surface area contributed by atoms with E-state index in [2.05, 4.69) is 41.4 Å². The van der Waals surface area contributed by atoms with Crippen molar-refractivity contribution in [1.82, 2.24) is 10.2 Å². The lowest BCUT2D eigenvalue weighted by Gasteiger charge is -2.31. The minimum atomic E-state index is 0.0174. The fourth-order valence-electron chi connectivity index (χ4n) is 3.64. The van der Waals surface area contributed by atoms with Gasteiger partial charge in [-0.15, -0.1) is 11.3 Å². The quantitative estimate of drug-likeness (QED) is 0.690. The summed E-state index contributed by atoms with van der Waals surface area (Å²) >= 11 is 1.47. The Kier molecular flexibility index (Phi) is 7.48. The molecule has 2 amide bonds. The highest BCUT2D eigenvalue weighted by Gasteiger charge is 2.27. The Morgan fingerprint density at radius 3 is 2.54 bits per heavy atom. The lowest BCUT2D eigenvalue weighted by Crippen LogP contribution is -2.43. The van der Waals surface area contributed by atoms with Gasteiger partial charge in [0.2, 0.25) is 5.91 Å². The molecular weight excluding hydrogens is 370 g/mol. The number of para-hydroxylation sites is 1. The molecule has 0 bridgehead atoms. The van der Waals surface area contributed by atoms with Gasteiger partial charge in [0, 0.05) is 44.3 Å². The first-order valence-electron chi connectivity index (χ1n) is 10.1. The molecule has 6 heteroatoms. The zero-order valence-corrected chi connectivity index (χ0v) is 17.3. The van der Waals surface area contributed by atoms with Crippen molar-refractivity contribution < 1.29 is 9.59 Å². The SMILES string of the molecule is CCN(CCCNC(=O)C1CCN(C(=O)c2cccs2)CC1)c1ccccc1. The molecule has 1 fully saturated rings. The third-order valence-electron chi connectivity index (χ3n) is 5.29. The van der Waals surface area contributed by atoms with Gasteiger partial charge in [0.05, 0.1) is 4.88 Å². The van der Waals surface area contributed by atoms with E-state index in [1.165, 1.54) is 17.0 Å². The molecule has 0 saturated carbocycles. The summed E-state index contributed by atoms with van der Waals surface area (Å²) in [5.74, 6) is 0.240. The van der Waals surface area contributed by atoms with Crippen LogP contribution in [0.15, 0.2) is 47.8 Å². The molecule has 0 aliphatic carbocycles. The smallest absolute Gasteiger partial charge is 0.263 e. The molecule has 5 nitrogen and oxygen atoms in total. The van der Waals surface area contributed by atoms with Crippen LogP contribution in [0.4, 0.5) is 5.69 Å². The van der Waals surface area contributed by atoms with E-state index >= 15 is 0 Å². The minimum absolute atomic E-state index is 0.0174. The van der Waals surface area contributed by atoms with Crippen LogP contribution in [0.5, 0.6) is 0 Å². The Morgan fingerprint density at radius 1 is 1.14 bits per heavy atom. The van der Waals surface area contributed by atoms with Gasteiger partial charge in [0.25, 0.3) is 5.91 Å². The number of likely N-dealkylation sites (tertiary alicyclic amines) is 1. The van der Waals surface area contributed by atoms with E-state index in [9.17, 15) is 9.59 Å². The van der Waals surface area contributed by atoms with E-state index in [1.807, 2.05) is 28.5 Å². The number of amides is 2. The molecule has 0 atom stereocenters. The zero-order valence-electron chi connectivity index (χ0n) is 16.5. The maximum atomic E-state index is 12.5. The molecule has 1 aliphatic heterocycles. The summed E-state index contributed by atoms with van der Waals surface area (Å²) in [5, 5.41) is 5.01. The predicted octanol–water partition coefficient (Wildman–Crippen LogP) is 3.63. The van der Waals surface area contributed by atoms with E-state index in [1.54, 1.807) is 0 Å². The lowest BCUT2D eigenvalue weighted by atomic mass is 9.95. The van der Waals surface area contributed by atoms with E-state index in [-0.39, 0.29) is 17.7 Å². The second-order valence-electron chi connectivity index (χ2n) is 7.10. The highest BCUT2D eigenvalue weighted by molar-refractivity contribution is 7.12. The van der Waals surface area contributed by atoms with Crippen molar-refractivity contribution in [3.8, 4) is 0 Å². The lowest BCUT2D eigenvalue weighted by molar-refractivity contribution is -0.126. The molecule has 1 aliphatic rings. The van der Waals surface area contributed by atoms with E-state index in [4.69, 9.17) is 0 Å². The van der Waals surface area contributed by atoms with Crippen LogP contribution in [-0.2, 0) is 4.79 Å². The largest absolute Gasteiger partial charge is 0.372 e. The molecule has 150 valence electrons. The average Bonchev–Trinajstić information content (AvgIpc) is 3.29. The average molecular weight is 400 g/mol. The van der Waals surface area contributed by atoms with Gasteiger partial charge in [-0.2, -0.15) is 0 Å². The molecule has 2 aromatic rings. The Balaban J connectivity index is 1.36. The van der Waals surface area contributed by atoms with Gasteiger partial charge in [0.15, 0.2) is 0 Å². The number of piperidine rings is 1. The molecule has 2 heterocycles. The van der Waals surface area contributed by atoms with Crippen LogP contribution < -0.4 is 10.2 Å². The van der Waals surface area contributed by atoms with Gasteiger partial charge in [-0.25, -0.2) is 0 Å². The minimum Gasteiger partial charge on any atom is -0.372 e. The van der Waals surface area contributed by atoms with E-state index in [0.717, 1.165) is 37.2 Å². The number of thiophene rings is 1. The third-order valence-corrected chi connectivity index (χ3v) is 6.15. The molecule has 1 N–H and O–H groups in total. The van der Waals surface area contributed by atoms with Crippen molar-refractivity contribution in [2.75, 3.05) is 37.6 Å². The van der Waals surface area contributed by atoms with Crippen LogP contribution >= 0.6 is 11.3 Å². The van der Waals surface area contributed by atoms with Gasteiger partial charge in [-0.1, -0.05) is 24.3 Å². The molecule has 1 aromatic heterocycles. The highest BCUT2D eigenvalue weighted by Crippen LogP contribution is 2.21. The fourth-order valence-corrected chi connectivity index (χ4v) is 4.33. The van der Waals surface area contributed by atoms with Crippen molar-refractivity contribution in [1.29, 1.82) is 0 Å². The predicted molar refractivity (Wildman–Crippen MR) is 115 cm³/mol. The molecule has 0 unspecified atom stereocenters. The number of nitrogens with zero attached hydrogens (tertiary/aromatic N) is 2. The second kappa shape index (κ2) is 10.3. The topological polar surface area (TPSA) is 52.7 Å². The summed E-state index contributed by atoms with van der Waals surface area (Å²) < 4.78 is 0. The molecule has 0 radical (unpaired) electrons. The first kappa shape index (κ1) is 20.4.